The molecule has 1 heterocycles. The Kier molecular flexibility index (Phi) is 7.33. The van der Waals surface area contributed by atoms with Crippen LogP contribution in [0.15, 0.2) is 41.6 Å². The molecule has 0 bridgehead atoms. The molecule has 30 heavy (non-hydrogen) atoms. The second-order valence-electron chi connectivity index (χ2n) is 6.59. The van der Waals surface area contributed by atoms with Crippen LogP contribution in [0.1, 0.15) is 23.9 Å². The first-order valence-electron chi connectivity index (χ1n) is 9.37. The maximum absolute atomic E-state index is 13.3. The Morgan fingerprint density at radius 3 is 2.80 bits per heavy atom. The van der Waals surface area contributed by atoms with Crippen molar-refractivity contribution in [2.75, 3.05) is 11.1 Å². The van der Waals surface area contributed by atoms with Crippen LogP contribution in [0.25, 0.3) is 0 Å². The van der Waals surface area contributed by atoms with Crippen molar-refractivity contribution in [3.05, 3.63) is 64.2 Å². The summed E-state index contributed by atoms with van der Waals surface area (Å²) in [5, 5.41) is 11.9. The second-order valence-corrected chi connectivity index (χ2v) is 7.94. The first kappa shape index (κ1) is 22.1. The predicted octanol–water partition coefficient (Wildman–Crippen LogP) is 5.02. The summed E-state index contributed by atoms with van der Waals surface area (Å²) in [5.41, 5.74) is 2.98. The smallest absolute Gasteiger partial charge is 0.234 e. The van der Waals surface area contributed by atoms with Gasteiger partial charge in [0.1, 0.15) is 18.2 Å². The number of nitrogens with zero attached hydrogens (tertiary/aromatic N) is 3. The highest BCUT2D eigenvalue weighted by Crippen LogP contribution is 2.23. The van der Waals surface area contributed by atoms with Gasteiger partial charge < -0.3 is 14.6 Å². The highest BCUT2D eigenvalue weighted by Gasteiger charge is 2.15. The fourth-order valence-corrected chi connectivity index (χ4v) is 3.76. The number of ether oxygens (including phenoxy) is 1. The molecule has 1 N–H and O–H groups in total. The second kappa shape index (κ2) is 9.95. The molecule has 0 radical (unpaired) electrons. The zero-order valence-electron chi connectivity index (χ0n) is 16.9. The number of thioether (sulfide) groups is 1. The summed E-state index contributed by atoms with van der Waals surface area (Å²) in [6.45, 7) is 6.72. The third kappa shape index (κ3) is 5.31. The van der Waals surface area contributed by atoms with Gasteiger partial charge in [-0.2, -0.15) is 0 Å². The number of nitrogens with one attached hydrogen (secondary N) is 1. The SMILES string of the molecule is CCn1c(COc2ccc(F)c(Cl)c2)nnc1SCC(=O)Nc1cccc(C)c1C. The molecule has 0 aliphatic carbocycles. The number of aromatic nitrogens is 3. The van der Waals surface area contributed by atoms with E-state index in [0.717, 1.165) is 16.8 Å². The number of amides is 1. The normalized spacial score (nSPS) is 10.8. The summed E-state index contributed by atoms with van der Waals surface area (Å²) in [7, 11) is 0. The lowest BCUT2D eigenvalue weighted by atomic mass is 10.1. The van der Waals surface area contributed by atoms with Gasteiger partial charge in [-0.15, -0.1) is 10.2 Å². The van der Waals surface area contributed by atoms with Crippen molar-refractivity contribution in [1.82, 2.24) is 14.8 Å². The van der Waals surface area contributed by atoms with E-state index in [2.05, 4.69) is 15.5 Å². The summed E-state index contributed by atoms with van der Waals surface area (Å²) in [4.78, 5) is 12.4. The standard InChI is InChI=1S/C21H22ClFN4O2S/c1-4-27-19(11-29-15-8-9-17(23)16(22)10-15)25-26-21(27)30-12-20(28)24-18-7-5-6-13(2)14(18)3/h5-10H,4,11-12H2,1-3H3,(H,24,28). The maximum Gasteiger partial charge on any atom is 0.234 e. The van der Waals surface area contributed by atoms with E-state index in [9.17, 15) is 9.18 Å². The maximum atomic E-state index is 13.3. The summed E-state index contributed by atoms with van der Waals surface area (Å²) < 4.78 is 20.8. The van der Waals surface area contributed by atoms with E-state index < -0.39 is 5.82 Å². The molecule has 6 nitrogen and oxygen atoms in total. The number of aryl methyl sites for hydroxylation is 1. The number of rotatable bonds is 8. The Morgan fingerprint density at radius 2 is 2.07 bits per heavy atom. The van der Waals surface area contributed by atoms with E-state index in [1.165, 1.54) is 30.0 Å². The van der Waals surface area contributed by atoms with Crippen molar-refractivity contribution in [2.24, 2.45) is 0 Å². The zero-order chi connectivity index (χ0) is 21.7. The zero-order valence-corrected chi connectivity index (χ0v) is 18.5. The van der Waals surface area contributed by atoms with E-state index in [1.54, 1.807) is 0 Å². The molecule has 0 aliphatic rings. The number of benzene rings is 2. The number of carbonyl (C=O) groups excluding carboxylic acids is 1. The Hall–Kier alpha value is -2.58. The van der Waals surface area contributed by atoms with Crippen molar-refractivity contribution >= 4 is 35.0 Å². The highest BCUT2D eigenvalue weighted by atomic mass is 35.5. The number of carbonyl (C=O) groups is 1. The molecule has 158 valence electrons. The first-order chi connectivity index (χ1) is 14.4. The molecule has 3 rings (SSSR count). The van der Waals surface area contributed by atoms with Gasteiger partial charge in [0.25, 0.3) is 0 Å². The van der Waals surface area contributed by atoms with Crippen molar-refractivity contribution in [2.45, 2.75) is 39.1 Å². The van der Waals surface area contributed by atoms with Gasteiger partial charge >= 0.3 is 0 Å². The molecule has 1 amide bonds. The third-order valence-electron chi connectivity index (χ3n) is 4.58. The van der Waals surface area contributed by atoms with Gasteiger partial charge in [0, 0.05) is 18.3 Å². The molecule has 9 heteroatoms. The fraction of sp³-hybridized carbons (Fsp3) is 0.286. The van der Waals surface area contributed by atoms with Crippen molar-refractivity contribution in [1.29, 1.82) is 0 Å². The van der Waals surface area contributed by atoms with E-state index in [4.69, 9.17) is 16.3 Å². The van der Waals surface area contributed by atoms with Crippen molar-refractivity contribution in [3.63, 3.8) is 0 Å². The minimum atomic E-state index is -0.501. The van der Waals surface area contributed by atoms with Crippen molar-refractivity contribution < 1.29 is 13.9 Å². The Morgan fingerprint density at radius 1 is 1.27 bits per heavy atom. The lowest BCUT2D eigenvalue weighted by Crippen LogP contribution is -2.16. The van der Waals surface area contributed by atoms with Crippen LogP contribution in [0.2, 0.25) is 5.02 Å². The van der Waals surface area contributed by atoms with Crippen LogP contribution >= 0.6 is 23.4 Å². The molecule has 0 fully saturated rings. The number of anilines is 1. The van der Waals surface area contributed by atoms with E-state index in [1.807, 2.05) is 43.5 Å². The van der Waals surface area contributed by atoms with Crippen LogP contribution in [-0.4, -0.2) is 26.4 Å². The molecule has 0 saturated carbocycles. The minimum Gasteiger partial charge on any atom is -0.486 e. The molecule has 3 aromatic rings. The molecular formula is C21H22ClFN4O2S. The van der Waals surface area contributed by atoms with E-state index >= 15 is 0 Å². The molecule has 0 unspecified atom stereocenters. The van der Waals surface area contributed by atoms with E-state index in [-0.39, 0.29) is 23.3 Å². The van der Waals surface area contributed by atoms with Gasteiger partial charge in [0.2, 0.25) is 5.91 Å². The minimum absolute atomic E-state index is 0.00411. The van der Waals surface area contributed by atoms with Gasteiger partial charge in [-0.1, -0.05) is 35.5 Å². The third-order valence-corrected chi connectivity index (χ3v) is 5.84. The first-order valence-corrected chi connectivity index (χ1v) is 10.7. The summed E-state index contributed by atoms with van der Waals surface area (Å²) >= 11 is 7.08. The summed E-state index contributed by atoms with van der Waals surface area (Å²) in [5.74, 6) is 0.640. The molecular weight excluding hydrogens is 427 g/mol. The van der Waals surface area contributed by atoms with Crippen LogP contribution in [0.3, 0.4) is 0 Å². The Labute approximate surface area is 183 Å². The average Bonchev–Trinajstić information content (AvgIpc) is 3.12. The van der Waals surface area contributed by atoms with Crippen LogP contribution in [0, 0.1) is 19.7 Å². The molecule has 2 aromatic carbocycles. The summed E-state index contributed by atoms with van der Waals surface area (Å²) in [6.07, 6.45) is 0. The topological polar surface area (TPSA) is 69.0 Å². The fourth-order valence-electron chi connectivity index (χ4n) is 2.77. The van der Waals surface area contributed by atoms with Gasteiger partial charge in [0.05, 0.1) is 10.8 Å². The lowest BCUT2D eigenvalue weighted by molar-refractivity contribution is -0.113. The van der Waals surface area contributed by atoms with Crippen LogP contribution < -0.4 is 10.1 Å². The van der Waals surface area contributed by atoms with Crippen LogP contribution in [0.4, 0.5) is 10.1 Å². The number of halogens is 2. The summed E-state index contributed by atoms with van der Waals surface area (Å²) in [6, 6.07) is 9.97. The molecule has 0 aliphatic heterocycles. The Bertz CT molecular complexity index is 1060. The van der Waals surface area contributed by atoms with Gasteiger partial charge in [-0.3, -0.25) is 4.79 Å². The number of hydrogen-bond acceptors (Lipinski definition) is 5. The number of hydrogen-bond donors (Lipinski definition) is 1. The molecule has 0 spiro atoms. The van der Waals surface area contributed by atoms with Gasteiger partial charge in [-0.25, -0.2) is 4.39 Å². The molecule has 0 saturated heterocycles. The van der Waals surface area contributed by atoms with Gasteiger partial charge in [-0.05, 0) is 50.1 Å². The quantitative estimate of drug-likeness (QED) is 0.490. The lowest BCUT2D eigenvalue weighted by Gasteiger charge is -2.11. The van der Waals surface area contributed by atoms with Crippen LogP contribution in [0.5, 0.6) is 5.75 Å². The largest absolute Gasteiger partial charge is 0.486 e. The predicted molar refractivity (Wildman–Crippen MR) is 117 cm³/mol. The monoisotopic (exact) mass is 448 g/mol. The molecule has 1 aromatic heterocycles. The average molecular weight is 449 g/mol. The Balaban J connectivity index is 1.60. The highest BCUT2D eigenvalue weighted by molar-refractivity contribution is 7.99. The molecule has 0 atom stereocenters. The van der Waals surface area contributed by atoms with E-state index in [0.29, 0.717) is 23.3 Å². The van der Waals surface area contributed by atoms with Crippen molar-refractivity contribution in [3.8, 4) is 5.75 Å². The van der Waals surface area contributed by atoms with Crippen LogP contribution in [-0.2, 0) is 17.9 Å². The van der Waals surface area contributed by atoms with Gasteiger partial charge in [0.15, 0.2) is 11.0 Å².